The van der Waals surface area contributed by atoms with Crippen LogP contribution in [0.1, 0.15) is 44.6 Å². The largest absolute Gasteiger partial charge is 0.380 e. The highest BCUT2D eigenvalue weighted by molar-refractivity contribution is 5.07. The van der Waals surface area contributed by atoms with Crippen molar-refractivity contribution in [1.29, 1.82) is 0 Å². The fourth-order valence-electron chi connectivity index (χ4n) is 3.25. The lowest BCUT2D eigenvalue weighted by Gasteiger charge is -2.33. The van der Waals surface area contributed by atoms with Crippen LogP contribution in [0.3, 0.4) is 0 Å². The van der Waals surface area contributed by atoms with Crippen molar-refractivity contribution in [2.24, 2.45) is 11.7 Å². The summed E-state index contributed by atoms with van der Waals surface area (Å²) < 4.78 is 7.65. The fourth-order valence-corrected chi connectivity index (χ4v) is 3.25. The van der Waals surface area contributed by atoms with Crippen LogP contribution in [0.4, 0.5) is 0 Å². The van der Waals surface area contributed by atoms with Crippen LogP contribution in [0.15, 0.2) is 12.4 Å². The first-order valence-electron chi connectivity index (χ1n) is 7.54. The fraction of sp³-hybridized carbons (Fsp3) is 0.800. The Morgan fingerprint density at radius 1 is 1.42 bits per heavy atom. The maximum Gasteiger partial charge on any atom is 0.0753 e. The molecule has 2 rings (SSSR count). The van der Waals surface area contributed by atoms with E-state index in [1.807, 2.05) is 10.9 Å². The van der Waals surface area contributed by atoms with Crippen LogP contribution in [0.2, 0.25) is 0 Å². The molecule has 0 aromatic carbocycles. The van der Waals surface area contributed by atoms with Crippen molar-refractivity contribution in [3.63, 3.8) is 0 Å². The molecule has 108 valence electrons. The molecule has 1 aromatic rings. The minimum Gasteiger partial charge on any atom is -0.380 e. The van der Waals surface area contributed by atoms with E-state index in [2.05, 4.69) is 18.2 Å². The Hall–Kier alpha value is -0.870. The van der Waals surface area contributed by atoms with Crippen molar-refractivity contribution in [3.05, 3.63) is 18.0 Å². The van der Waals surface area contributed by atoms with Gasteiger partial charge in [-0.3, -0.25) is 4.68 Å². The highest BCUT2D eigenvalue weighted by atomic mass is 16.5. The van der Waals surface area contributed by atoms with Gasteiger partial charge in [0.1, 0.15) is 0 Å². The molecule has 19 heavy (non-hydrogen) atoms. The van der Waals surface area contributed by atoms with Gasteiger partial charge in [-0.1, -0.05) is 19.3 Å². The van der Waals surface area contributed by atoms with E-state index >= 15 is 0 Å². The molecule has 1 fully saturated rings. The van der Waals surface area contributed by atoms with Gasteiger partial charge >= 0.3 is 0 Å². The summed E-state index contributed by atoms with van der Waals surface area (Å²) >= 11 is 0. The lowest BCUT2D eigenvalue weighted by molar-refractivity contribution is 0.0179. The monoisotopic (exact) mass is 265 g/mol. The molecule has 0 saturated heterocycles. The molecule has 0 spiro atoms. The zero-order chi connectivity index (χ0) is 13.7. The molecule has 2 unspecified atom stereocenters. The molecule has 0 bridgehead atoms. The molecule has 0 amide bonds. The van der Waals surface area contributed by atoms with Crippen molar-refractivity contribution in [3.8, 4) is 0 Å². The van der Waals surface area contributed by atoms with E-state index in [4.69, 9.17) is 10.5 Å². The van der Waals surface area contributed by atoms with Crippen molar-refractivity contribution in [1.82, 2.24) is 9.78 Å². The summed E-state index contributed by atoms with van der Waals surface area (Å²) in [4.78, 5) is 0. The molecule has 2 N–H and O–H groups in total. The molecule has 1 saturated carbocycles. The Labute approximate surface area is 116 Å². The van der Waals surface area contributed by atoms with Crippen LogP contribution in [0.25, 0.3) is 0 Å². The molecule has 1 aliphatic rings. The molecule has 0 radical (unpaired) electrons. The number of nitrogens with two attached hydrogens (primary N) is 1. The molecule has 1 aromatic heterocycles. The molecule has 4 nitrogen and oxygen atoms in total. The second-order valence-electron chi connectivity index (χ2n) is 5.67. The van der Waals surface area contributed by atoms with Crippen LogP contribution in [-0.4, -0.2) is 29.0 Å². The standard InChI is InChI=1S/C15H27N3O/c1-3-18-11-12(10-17-18)9-14(16)15(19-2)13-7-5-4-6-8-13/h10-11,13-15H,3-9,16H2,1-2H3. The van der Waals surface area contributed by atoms with Gasteiger partial charge in [0.2, 0.25) is 0 Å². The van der Waals surface area contributed by atoms with E-state index in [1.165, 1.54) is 37.7 Å². The lowest BCUT2D eigenvalue weighted by Crippen LogP contribution is -2.43. The van der Waals surface area contributed by atoms with Crippen LogP contribution in [-0.2, 0) is 17.7 Å². The Bertz CT molecular complexity index is 371. The van der Waals surface area contributed by atoms with Gasteiger partial charge in [-0.05, 0) is 37.7 Å². The summed E-state index contributed by atoms with van der Waals surface area (Å²) in [6.45, 7) is 3.00. The summed E-state index contributed by atoms with van der Waals surface area (Å²) in [6.07, 6.45) is 11.6. The van der Waals surface area contributed by atoms with Gasteiger partial charge in [-0.2, -0.15) is 5.10 Å². The van der Waals surface area contributed by atoms with Gasteiger partial charge in [-0.25, -0.2) is 0 Å². The van der Waals surface area contributed by atoms with Gasteiger partial charge in [0.15, 0.2) is 0 Å². The topological polar surface area (TPSA) is 53.1 Å². The van der Waals surface area contributed by atoms with Crippen LogP contribution in [0.5, 0.6) is 0 Å². The highest BCUT2D eigenvalue weighted by Crippen LogP contribution is 2.29. The second-order valence-corrected chi connectivity index (χ2v) is 5.67. The molecule has 0 aliphatic heterocycles. The third kappa shape index (κ3) is 3.80. The quantitative estimate of drug-likeness (QED) is 0.859. The van der Waals surface area contributed by atoms with Gasteiger partial charge in [-0.15, -0.1) is 0 Å². The smallest absolute Gasteiger partial charge is 0.0753 e. The number of methoxy groups -OCH3 is 1. The van der Waals surface area contributed by atoms with Crippen molar-refractivity contribution in [2.45, 2.75) is 64.1 Å². The van der Waals surface area contributed by atoms with Gasteiger partial charge < -0.3 is 10.5 Å². The predicted octanol–water partition coefficient (Wildman–Crippen LogP) is 2.37. The van der Waals surface area contributed by atoms with E-state index in [9.17, 15) is 0 Å². The van der Waals surface area contributed by atoms with Gasteiger partial charge in [0.05, 0.1) is 12.3 Å². The zero-order valence-electron chi connectivity index (χ0n) is 12.2. The maximum absolute atomic E-state index is 6.38. The zero-order valence-corrected chi connectivity index (χ0v) is 12.2. The van der Waals surface area contributed by atoms with Crippen molar-refractivity contribution >= 4 is 0 Å². The summed E-state index contributed by atoms with van der Waals surface area (Å²) in [5.74, 6) is 0.634. The minimum atomic E-state index is 0.0719. The summed E-state index contributed by atoms with van der Waals surface area (Å²) in [6, 6.07) is 0.0719. The Balaban J connectivity index is 1.93. The third-order valence-electron chi connectivity index (χ3n) is 4.29. The van der Waals surface area contributed by atoms with Crippen molar-refractivity contribution < 1.29 is 4.74 Å². The SMILES string of the molecule is CCn1cc(CC(N)C(OC)C2CCCCC2)cn1. The number of hydrogen-bond donors (Lipinski definition) is 1. The first-order valence-corrected chi connectivity index (χ1v) is 7.54. The molecule has 2 atom stereocenters. The van der Waals surface area contributed by atoms with E-state index in [0.717, 1.165) is 13.0 Å². The maximum atomic E-state index is 6.38. The predicted molar refractivity (Wildman–Crippen MR) is 77.0 cm³/mol. The van der Waals surface area contributed by atoms with E-state index in [-0.39, 0.29) is 12.1 Å². The van der Waals surface area contributed by atoms with Gasteiger partial charge in [0, 0.05) is 25.9 Å². The molecular formula is C15H27N3O. The number of aromatic nitrogens is 2. The van der Waals surface area contributed by atoms with Crippen molar-refractivity contribution in [2.75, 3.05) is 7.11 Å². The second kappa shape index (κ2) is 7.06. The average molecular weight is 265 g/mol. The lowest BCUT2D eigenvalue weighted by atomic mass is 9.81. The normalized spacial score (nSPS) is 20.4. The first-order chi connectivity index (χ1) is 9.24. The molecule has 1 aliphatic carbocycles. The Morgan fingerprint density at radius 2 is 2.16 bits per heavy atom. The average Bonchev–Trinajstić information content (AvgIpc) is 2.88. The van der Waals surface area contributed by atoms with E-state index in [0.29, 0.717) is 5.92 Å². The van der Waals surface area contributed by atoms with Crippen LogP contribution in [0, 0.1) is 5.92 Å². The summed E-state index contributed by atoms with van der Waals surface area (Å²) in [5, 5.41) is 4.31. The third-order valence-corrected chi connectivity index (χ3v) is 4.29. The Kier molecular flexibility index (Phi) is 5.40. The van der Waals surface area contributed by atoms with Gasteiger partial charge in [0.25, 0.3) is 0 Å². The Morgan fingerprint density at radius 3 is 2.74 bits per heavy atom. The number of nitrogens with zero attached hydrogens (tertiary/aromatic N) is 2. The summed E-state index contributed by atoms with van der Waals surface area (Å²) in [5.41, 5.74) is 7.60. The van der Waals surface area contributed by atoms with Crippen LogP contribution >= 0.6 is 0 Å². The number of aryl methyl sites for hydroxylation is 1. The number of ether oxygens (including phenoxy) is 1. The number of hydrogen-bond acceptors (Lipinski definition) is 3. The van der Waals surface area contributed by atoms with E-state index in [1.54, 1.807) is 7.11 Å². The van der Waals surface area contributed by atoms with Crippen LogP contribution < -0.4 is 5.73 Å². The molecular weight excluding hydrogens is 238 g/mol. The van der Waals surface area contributed by atoms with E-state index < -0.39 is 0 Å². The number of rotatable bonds is 6. The first kappa shape index (κ1) is 14.5. The molecule has 4 heteroatoms. The minimum absolute atomic E-state index is 0.0719. The summed E-state index contributed by atoms with van der Waals surface area (Å²) in [7, 11) is 1.80. The highest BCUT2D eigenvalue weighted by Gasteiger charge is 2.28. The molecule has 1 heterocycles.